The number of rotatable bonds is 4. The average Bonchev–Trinajstić information content (AvgIpc) is 2.78. The van der Waals surface area contributed by atoms with Crippen molar-refractivity contribution in [3.8, 4) is 0 Å². The smallest absolute Gasteiger partial charge is 0.234 e. The Labute approximate surface area is 96.1 Å². The van der Waals surface area contributed by atoms with Crippen LogP contribution in [0.3, 0.4) is 0 Å². The van der Waals surface area contributed by atoms with Gasteiger partial charge in [-0.05, 0) is 26.2 Å². The summed E-state index contributed by atoms with van der Waals surface area (Å²) in [4.78, 5) is 12.2. The average molecular weight is 227 g/mol. The summed E-state index contributed by atoms with van der Waals surface area (Å²) in [5, 5.41) is 14.7. The molecular weight excluding hydrogens is 206 g/mol. The molecule has 0 aromatic carbocycles. The van der Waals surface area contributed by atoms with Gasteiger partial charge in [-0.25, -0.2) is 0 Å². The first-order valence-corrected chi connectivity index (χ1v) is 5.85. The van der Waals surface area contributed by atoms with Gasteiger partial charge in [0, 0.05) is 6.04 Å². The number of nitrogens with one attached hydrogen (secondary N) is 1. The third-order valence-corrected chi connectivity index (χ3v) is 3.48. The SMILES string of the molecule is CCC(C)NC(=O)C1(C(N)=NO)CCCC1. The highest BCUT2D eigenvalue weighted by atomic mass is 16.4. The molecule has 1 aliphatic carbocycles. The van der Waals surface area contributed by atoms with Crippen LogP contribution >= 0.6 is 0 Å². The van der Waals surface area contributed by atoms with E-state index in [0.29, 0.717) is 12.8 Å². The largest absolute Gasteiger partial charge is 0.409 e. The van der Waals surface area contributed by atoms with E-state index in [2.05, 4.69) is 10.5 Å². The van der Waals surface area contributed by atoms with Crippen LogP contribution in [0.4, 0.5) is 0 Å². The highest BCUT2D eigenvalue weighted by Crippen LogP contribution is 2.38. The molecule has 1 aliphatic rings. The molecule has 16 heavy (non-hydrogen) atoms. The van der Waals surface area contributed by atoms with Crippen molar-refractivity contribution in [2.24, 2.45) is 16.3 Å². The minimum absolute atomic E-state index is 0.0470. The lowest BCUT2D eigenvalue weighted by Gasteiger charge is -2.27. The van der Waals surface area contributed by atoms with E-state index < -0.39 is 5.41 Å². The molecule has 0 bridgehead atoms. The van der Waals surface area contributed by atoms with Crippen molar-refractivity contribution < 1.29 is 10.0 Å². The van der Waals surface area contributed by atoms with Crippen LogP contribution in [0.2, 0.25) is 0 Å². The molecule has 0 heterocycles. The van der Waals surface area contributed by atoms with Crippen LogP contribution in [0, 0.1) is 5.41 Å². The first-order valence-electron chi connectivity index (χ1n) is 5.85. The minimum atomic E-state index is -0.780. The van der Waals surface area contributed by atoms with Crippen molar-refractivity contribution >= 4 is 11.7 Å². The lowest BCUT2D eigenvalue weighted by atomic mass is 9.83. The number of nitrogens with zero attached hydrogens (tertiary/aromatic N) is 1. The predicted octanol–water partition coefficient (Wildman–Crippen LogP) is 1.21. The molecular formula is C11H21N3O2. The van der Waals surface area contributed by atoms with E-state index in [1.165, 1.54) is 0 Å². The molecule has 0 radical (unpaired) electrons. The molecule has 0 spiro atoms. The van der Waals surface area contributed by atoms with E-state index in [4.69, 9.17) is 10.9 Å². The van der Waals surface area contributed by atoms with Gasteiger partial charge in [-0.15, -0.1) is 0 Å². The van der Waals surface area contributed by atoms with Gasteiger partial charge in [0.25, 0.3) is 0 Å². The molecule has 0 saturated heterocycles. The maximum absolute atomic E-state index is 12.2. The first kappa shape index (κ1) is 12.8. The van der Waals surface area contributed by atoms with Crippen molar-refractivity contribution in [2.75, 3.05) is 0 Å². The van der Waals surface area contributed by atoms with Crippen LogP contribution in [-0.4, -0.2) is 23.0 Å². The van der Waals surface area contributed by atoms with E-state index in [9.17, 15) is 4.79 Å². The van der Waals surface area contributed by atoms with E-state index >= 15 is 0 Å². The van der Waals surface area contributed by atoms with E-state index in [1.807, 2.05) is 13.8 Å². The summed E-state index contributed by atoms with van der Waals surface area (Å²) in [5.74, 6) is -0.0551. The fraction of sp³-hybridized carbons (Fsp3) is 0.818. The number of nitrogens with two attached hydrogens (primary N) is 1. The van der Waals surface area contributed by atoms with Crippen LogP contribution in [0.5, 0.6) is 0 Å². The molecule has 1 amide bonds. The topological polar surface area (TPSA) is 87.7 Å². The zero-order valence-corrected chi connectivity index (χ0v) is 9.99. The molecule has 0 aliphatic heterocycles. The predicted molar refractivity (Wildman–Crippen MR) is 62.2 cm³/mol. The van der Waals surface area contributed by atoms with Crippen LogP contribution < -0.4 is 11.1 Å². The number of amides is 1. The van der Waals surface area contributed by atoms with Gasteiger partial charge in [-0.3, -0.25) is 4.79 Å². The summed E-state index contributed by atoms with van der Waals surface area (Å²) in [6.45, 7) is 3.96. The quantitative estimate of drug-likeness (QED) is 0.292. The van der Waals surface area contributed by atoms with Gasteiger partial charge in [0.15, 0.2) is 5.84 Å². The monoisotopic (exact) mass is 227 g/mol. The standard InChI is InChI=1S/C11H21N3O2/c1-3-8(2)13-10(15)11(9(12)14-16)6-4-5-7-11/h8,16H,3-7H2,1-2H3,(H2,12,14)(H,13,15). The van der Waals surface area contributed by atoms with E-state index in [-0.39, 0.29) is 17.8 Å². The van der Waals surface area contributed by atoms with E-state index in [1.54, 1.807) is 0 Å². The Morgan fingerprint density at radius 2 is 2.12 bits per heavy atom. The maximum atomic E-state index is 12.2. The molecule has 1 saturated carbocycles. The van der Waals surface area contributed by atoms with Gasteiger partial charge in [0.2, 0.25) is 5.91 Å². The Hall–Kier alpha value is -1.26. The number of amidine groups is 1. The van der Waals surface area contributed by atoms with Crippen molar-refractivity contribution in [1.82, 2.24) is 5.32 Å². The highest BCUT2D eigenvalue weighted by Gasteiger charge is 2.45. The Kier molecular flexibility index (Phi) is 4.15. The summed E-state index contributed by atoms with van der Waals surface area (Å²) in [6, 6.07) is 0.122. The second-order valence-electron chi connectivity index (χ2n) is 4.56. The Balaban J connectivity index is 2.82. The molecule has 0 aromatic rings. The Bertz CT molecular complexity index is 283. The number of carbonyl (C=O) groups excluding carboxylic acids is 1. The summed E-state index contributed by atoms with van der Waals surface area (Å²) in [6.07, 6.45) is 4.11. The van der Waals surface area contributed by atoms with Crippen LogP contribution in [0.1, 0.15) is 46.0 Å². The number of carbonyl (C=O) groups is 1. The van der Waals surface area contributed by atoms with Crippen LogP contribution in [0.15, 0.2) is 5.16 Å². The normalized spacial score (nSPS) is 21.8. The van der Waals surface area contributed by atoms with Crippen molar-refractivity contribution in [3.05, 3.63) is 0 Å². The first-order chi connectivity index (χ1) is 7.56. The summed E-state index contributed by atoms with van der Waals surface area (Å²) < 4.78 is 0. The molecule has 1 atom stereocenters. The van der Waals surface area contributed by atoms with Gasteiger partial charge >= 0.3 is 0 Å². The Morgan fingerprint density at radius 3 is 2.56 bits per heavy atom. The molecule has 92 valence electrons. The van der Waals surface area contributed by atoms with Gasteiger partial charge < -0.3 is 16.3 Å². The summed E-state index contributed by atoms with van der Waals surface area (Å²) in [5.41, 5.74) is 4.89. The summed E-state index contributed by atoms with van der Waals surface area (Å²) >= 11 is 0. The van der Waals surface area contributed by atoms with Gasteiger partial charge in [-0.2, -0.15) is 0 Å². The molecule has 1 fully saturated rings. The lowest BCUT2D eigenvalue weighted by Crippen LogP contribution is -2.50. The fourth-order valence-corrected chi connectivity index (χ4v) is 2.14. The van der Waals surface area contributed by atoms with Crippen molar-refractivity contribution in [3.63, 3.8) is 0 Å². The zero-order chi connectivity index (χ0) is 12.2. The molecule has 4 N–H and O–H groups in total. The molecule has 1 rings (SSSR count). The van der Waals surface area contributed by atoms with Crippen LogP contribution in [-0.2, 0) is 4.79 Å². The number of hydrogen-bond donors (Lipinski definition) is 3. The Morgan fingerprint density at radius 1 is 1.56 bits per heavy atom. The maximum Gasteiger partial charge on any atom is 0.234 e. The molecule has 0 aromatic heterocycles. The second kappa shape index (κ2) is 5.18. The summed E-state index contributed by atoms with van der Waals surface area (Å²) in [7, 11) is 0. The fourth-order valence-electron chi connectivity index (χ4n) is 2.14. The highest BCUT2D eigenvalue weighted by molar-refractivity contribution is 6.07. The molecule has 1 unspecified atom stereocenters. The van der Waals surface area contributed by atoms with Gasteiger partial charge in [-0.1, -0.05) is 24.9 Å². The second-order valence-corrected chi connectivity index (χ2v) is 4.56. The van der Waals surface area contributed by atoms with Crippen molar-refractivity contribution in [1.29, 1.82) is 0 Å². The molecule has 5 nitrogen and oxygen atoms in total. The zero-order valence-electron chi connectivity index (χ0n) is 9.99. The van der Waals surface area contributed by atoms with Gasteiger partial charge in [0.05, 0.1) is 0 Å². The van der Waals surface area contributed by atoms with E-state index in [0.717, 1.165) is 19.3 Å². The lowest BCUT2D eigenvalue weighted by molar-refractivity contribution is -0.128. The van der Waals surface area contributed by atoms with Crippen LogP contribution in [0.25, 0.3) is 0 Å². The van der Waals surface area contributed by atoms with Gasteiger partial charge in [0.1, 0.15) is 5.41 Å². The third kappa shape index (κ3) is 2.28. The number of oxime groups is 1. The molecule has 5 heteroatoms. The number of hydrogen-bond acceptors (Lipinski definition) is 3. The third-order valence-electron chi connectivity index (χ3n) is 3.48. The van der Waals surface area contributed by atoms with Crippen molar-refractivity contribution in [2.45, 2.75) is 52.0 Å². The minimum Gasteiger partial charge on any atom is -0.409 e.